The van der Waals surface area contributed by atoms with Crippen molar-refractivity contribution >= 4 is 34.1 Å². The maximum Gasteiger partial charge on any atom is 0.230 e. The van der Waals surface area contributed by atoms with Gasteiger partial charge in [0.25, 0.3) is 0 Å². The molecule has 156 valence electrons. The minimum Gasteiger partial charge on any atom is -0.302 e. The minimum absolute atomic E-state index is 0.0581. The lowest BCUT2D eigenvalue weighted by atomic mass is 10.1. The van der Waals surface area contributed by atoms with E-state index >= 15 is 0 Å². The van der Waals surface area contributed by atoms with Crippen molar-refractivity contribution in [2.75, 3.05) is 5.32 Å². The Morgan fingerprint density at radius 2 is 1.52 bits per heavy atom. The lowest BCUT2D eigenvalue weighted by Gasteiger charge is -2.06. The van der Waals surface area contributed by atoms with Crippen LogP contribution in [0.5, 0.6) is 0 Å². The molecule has 1 aromatic heterocycles. The van der Waals surface area contributed by atoms with Crippen LogP contribution in [0.3, 0.4) is 0 Å². The van der Waals surface area contributed by atoms with Gasteiger partial charge in [-0.2, -0.15) is 0 Å². The molecular formula is C26H24N2OS2. The van der Waals surface area contributed by atoms with Crippen LogP contribution in [-0.4, -0.2) is 16.1 Å². The van der Waals surface area contributed by atoms with Crippen molar-refractivity contribution in [3.05, 3.63) is 90.5 Å². The molecule has 3 nitrogen and oxygen atoms in total. The molecule has 0 radical (unpaired) electrons. The summed E-state index contributed by atoms with van der Waals surface area (Å²) < 4.78 is 0. The van der Waals surface area contributed by atoms with Gasteiger partial charge in [-0.1, -0.05) is 98.0 Å². The number of anilines is 1. The van der Waals surface area contributed by atoms with Gasteiger partial charge in [-0.05, 0) is 23.3 Å². The first kappa shape index (κ1) is 21.3. The number of thiazole rings is 1. The number of nitrogens with one attached hydrogen (secondary N) is 1. The van der Waals surface area contributed by atoms with E-state index in [1.807, 2.05) is 72.4 Å². The standard InChI is InChI=1S/C26H24N2OS2/c1-18(2)30-22-15-13-19(14-16-22)17-23(29)27-26-28-24(20-9-5-3-6-10-20)25(31-26)21-11-7-4-8-12-21/h3-16,18H,17H2,1-2H3,(H,27,28,29). The Bertz CT molecular complexity index is 1080. The maximum atomic E-state index is 12.7. The smallest absolute Gasteiger partial charge is 0.230 e. The molecule has 0 fully saturated rings. The van der Waals surface area contributed by atoms with Crippen LogP contribution >= 0.6 is 23.1 Å². The zero-order valence-electron chi connectivity index (χ0n) is 17.5. The number of aromatic nitrogens is 1. The summed E-state index contributed by atoms with van der Waals surface area (Å²) in [6.07, 6.45) is 0.327. The van der Waals surface area contributed by atoms with Gasteiger partial charge in [-0.25, -0.2) is 4.98 Å². The van der Waals surface area contributed by atoms with Crippen LogP contribution in [0.1, 0.15) is 19.4 Å². The van der Waals surface area contributed by atoms with Crippen LogP contribution in [0.2, 0.25) is 0 Å². The van der Waals surface area contributed by atoms with Gasteiger partial charge in [-0.15, -0.1) is 11.8 Å². The Kier molecular flexibility index (Phi) is 6.85. The Balaban J connectivity index is 1.53. The molecule has 3 aromatic carbocycles. The molecule has 0 bridgehead atoms. The minimum atomic E-state index is -0.0581. The molecule has 4 rings (SSSR count). The van der Waals surface area contributed by atoms with E-state index in [1.54, 1.807) is 0 Å². The van der Waals surface area contributed by atoms with Gasteiger partial charge in [0, 0.05) is 15.7 Å². The summed E-state index contributed by atoms with van der Waals surface area (Å²) in [6.45, 7) is 4.35. The number of hydrogen-bond acceptors (Lipinski definition) is 4. The lowest BCUT2D eigenvalue weighted by Crippen LogP contribution is -2.14. The van der Waals surface area contributed by atoms with E-state index in [1.165, 1.54) is 16.2 Å². The Hall–Kier alpha value is -2.89. The number of carbonyl (C=O) groups is 1. The van der Waals surface area contributed by atoms with E-state index in [0.717, 1.165) is 27.3 Å². The molecule has 0 unspecified atom stereocenters. The van der Waals surface area contributed by atoms with Crippen molar-refractivity contribution in [2.24, 2.45) is 0 Å². The van der Waals surface area contributed by atoms with E-state index < -0.39 is 0 Å². The highest BCUT2D eigenvalue weighted by molar-refractivity contribution is 7.99. The van der Waals surface area contributed by atoms with E-state index in [-0.39, 0.29) is 5.91 Å². The van der Waals surface area contributed by atoms with Gasteiger partial charge in [-0.3, -0.25) is 4.79 Å². The first-order valence-corrected chi connectivity index (χ1v) is 12.0. The summed E-state index contributed by atoms with van der Waals surface area (Å²) in [4.78, 5) is 19.7. The molecule has 0 aliphatic heterocycles. The monoisotopic (exact) mass is 444 g/mol. The fraction of sp³-hybridized carbons (Fsp3) is 0.154. The van der Waals surface area contributed by atoms with Crippen LogP contribution in [0.15, 0.2) is 89.8 Å². The zero-order valence-corrected chi connectivity index (χ0v) is 19.2. The number of carbonyl (C=O) groups excluding carboxylic acids is 1. The second-order valence-corrected chi connectivity index (χ2v) is 10.1. The first-order valence-electron chi connectivity index (χ1n) is 10.3. The second-order valence-electron chi connectivity index (χ2n) is 7.46. The summed E-state index contributed by atoms with van der Waals surface area (Å²) in [6, 6.07) is 28.5. The van der Waals surface area contributed by atoms with Gasteiger partial charge in [0.1, 0.15) is 0 Å². The van der Waals surface area contributed by atoms with Crippen LogP contribution in [-0.2, 0) is 11.2 Å². The molecule has 31 heavy (non-hydrogen) atoms. The van der Waals surface area contributed by atoms with Crippen LogP contribution in [0.25, 0.3) is 21.7 Å². The summed E-state index contributed by atoms with van der Waals surface area (Å²) in [5.41, 5.74) is 4.02. The van der Waals surface area contributed by atoms with Crippen molar-refractivity contribution in [1.82, 2.24) is 4.98 Å². The highest BCUT2D eigenvalue weighted by Crippen LogP contribution is 2.38. The fourth-order valence-electron chi connectivity index (χ4n) is 3.26. The summed E-state index contributed by atoms with van der Waals surface area (Å²) in [5.74, 6) is -0.0581. The number of hydrogen-bond donors (Lipinski definition) is 1. The summed E-state index contributed by atoms with van der Waals surface area (Å²) in [5, 5.41) is 4.16. The maximum absolute atomic E-state index is 12.7. The van der Waals surface area contributed by atoms with Crippen molar-refractivity contribution in [3.8, 4) is 21.7 Å². The molecule has 0 atom stereocenters. The number of thioether (sulfide) groups is 1. The highest BCUT2D eigenvalue weighted by Gasteiger charge is 2.16. The third-order valence-corrected chi connectivity index (χ3v) is 6.65. The zero-order chi connectivity index (χ0) is 21.6. The van der Waals surface area contributed by atoms with Gasteiger partial charge in [0.05, 0.1) is 17.0 Å². The molecule has 1 amide bonds. The average molecular weight is 445 g/mol. The van der Waals surface area contributed by atoms with E-state index in [2.05, 4.69) is 43.4 Å². The predicted molar refractivity (Wildman–Crippen MR) is 133 cm³/mol. The molecular weight excluding hydrogens is 420 g/mol. The van der Waals surface area contributed by atoms with Crippen molar-refractivity contribution in [2.45, 2.75) is 30.4 Å². The topological polar surface area (TPSA) is 42.0 Å². The Morgan fingerprint density at radius 1 is 0.903 bits per heavy atom. The largest absolute Gasteiger partial charge is 0.302 e. The lowest BCUT2D eigenvalue weighted by molar-refractivity contribution is -0.115. The highest BCUT2D eigenvalue weighted by atomic mass is 32.2. The molecule has 0 aliphatic carbocycles. The number of amides is 1. The predicted octanol–water partition coefficient (Wildman–Crippen LogP) is 7.16. The Morgan fingerprint density at radius 3 is 2.13 bits per heavy atom. The SMILES string of the molecule is CC(C)Sc1ccc(CC(=O)Nc2nc(-c3ccccc3)c(-c3ccccc3)s2)cc1. The number of nitrogens with zero attached hydrogens (tertiary/aromatic N) is 1. The normalized spacial score (nSPS) is 10.9. The van der Waals surface area contributed by atoms with Gasteiger partial charge >= 0.3 is 0 Å². The molecule has 0 spiro atoms. The quantitative estimate of drug-likeness (QED) is 0.308. The number of rotatable bonds is 7. The molecule has 4 aromatic rings. The third-order valence-electron chi connectivity index (χ3n) is 4.62. The molecule has 5 heteroatoms. The van der Waals surface area contributed by atoms with Crippen LogP contribution < -0.4 is 5.32 Å². The second kappa shape index (κ2) is 9.94. The van der Waals surface area contributed by atoms with Crippen molar-refractivity contribution in [3.63, 3.8) is 0 Å². The van der Waals surface area contributed by atoms with Crippen LogP contribution in [0.4, 0.5) is 5.13 Å². The summed E-state index contributed by atoms with van der Waals surface area (Å²) >= 11 is 3.33. The van der Waals surface area contributed by atoms with E-state index in [9.17, 15) is 4.79 Å². The molecule has 0 aliphatic rings. The molecule has 1 N–H and O–H groups in total. The molecule has 0 saturated heterocycles. The fourth-order valence-corrected chi connectivity index (χ4v) is 5.10. The van der Waals surface area contributed by atoms with Crippen molar-refractivity contribution < 1.29 is 4.79 Å². The third kappa shape index (κ3) is 5.63. The molecule has 0 saturated carbocycles. The number of benzene rings is 3. The van der Waals surface area contributed by atoms with Crippen molar-refractivity contribution in [1.29, 1.82) is 0 Å². The first-order chi connectivity index (χ1) is 15.1. The molecule has 1 heterocycles. The average Bonchev–Trinajstić information content (AvgIpc) is 3.19. The van der Waals surface area contributed by atoms with Gasteiger partial charge in [0.15, 0.2) is 5.13 Å². The Labute approximate surface area is 191 Å². The summed E-state index contributed by atoms with van der Waals surface area (Å²) in [7, 11) is 0. The van der Waals surface area contributed by atoms with Gasteiger partial charge < -0.3 is 5.32 Å². The van der Waals surface area contributed by atoms with E-state index in [4.69, 9.17) is 4.98 Å². The van der Waals surface area contributed by atoms with Crippen LogP contribution in [0, 0.1) is 0 Å². The van der Waals surface area contributed by atoms with E-state index in [0.29, 0.717) is 16.8 Å². The van der Waals surface area contributed by atoms with Gasteiger partial charge in [0.2, 0.25) is 5.91 Å².